The fraction of sp³-hybridized carbons (Fsp3) is 0.500. The molecule has 0 radical (unpaired) electrons. The Balaban J connectivity index is 3.58. The number of hydrogen-bond acceptors (Lipinski definition) is 2. The molecule has 0 aromatic carbocycles. The van der Waals surface area contributed by atoms with Crippen molar-refractivity contribution in [2.24, 2.45) is 0 Å². The van der Waals surface area contributed by atoms with E-state index in [2.05, 4.69) is 6.58 Å². The molecular formula is C6H8F3NO2. The number of aliphatic carboxylic acids is 1. The highest BCUT2D eigenvalue weighted by atomic mass is 19.4. The van der Waals surface area contributed by atoms with E-state index in [9.17, 15) is 18.0 Å². The van der Waals surface area contributed by atoms with Gasteiger partial charge >= 0.3 is 12.1 Å². The molecule has 0 bridgehead atoms. The first-order valence-electron chi connectivity index (χ1n) is 3.01. The molecule has 0 spiro atoms. The van der Waals surface area contributed by atoms with E-state index in [1.807, 2.05) is 5.32 Å². The predicted molar refractivity (Wildman–Crippen MR) is 35.7 cm³/mol. The van der Waals surface area contributed by atoms with Gasteiger partial charge in [0.2, 0.25) is 0 Å². The molecule has 0 aromatic heterocycles. The minimum atomic E-state index is -4.32. The van der Waals surface area contributed by atoms with Gasteiger partial charge in [-0.1, -0.05) is 6.58 Å². The minimum absolute atomic E-state index is 0.292. The predicted octanol–water partition coefficient (Wildman–Crippen LogP) is 0.779. The first-order valence-corrected chi connectivity index (χ1v) is 3.01. The van der Waals surface area contributed by atoms with E-state index in [1.165, 1.54) is 0 Å². The maximum Gasteiger partial charge on any atom is 0.401 e. The lowest BCUT2D eigenvalue weighted by Gasteiger charge is -2.07. The van der Waals surface area contributed by atoms with Crippen LogP contribution in [0.15, 0.2) is 12.2 Å². The van der Waals surface area contributed by atoms with Crippen LogP contribution in [0.25, 0.3) is 0 Å². The van der Waals surface area contributed by atoms with Crippen molar-refractivity contribution in [1.82, 2.24) is 5.32 Å². The number of carbonyl (C=O) groups is 1. The van der Waals surface area contributed by atoms with Gasteiger partial charge in [0.05, 0.1) is 6.54 Å². The van der Waals surface area contributed by atoms with Crippen LogP contribution in [0.3, 0.4) is 0 Å². The van der Waals surface area contributed by atoms with Gasteiger partial charge < -0.3 is 10.4 Å². The summed E-state index contributed by atoms with van der Waals surface area (Å²) >= 11 is 0. The van der Waals surface area contributed by atoms with Crippen molar-refractivity contribution in [2.45, 2.75) is 6.18 Å². The Kier molecular flexibility index (Phi) is 3.75. The zero-order valence-electron chi connectivity index (χ0n) is 6.11. The van der Waals surface area contributed by atoms with Gasteiger partial charge in [-0.2, -0.15) is 13.2 Å². The Morgan fingerprint density at radius 1 is 1.50 bits per heavy atom. The van der Waals surface area contributed by atoms with Crippen molar-refractivity contribution in [3.05, 3.63) is 12.2 Å². The number of carboxylic acid groups (broad SMARTS) is 1. The summed E-state index contributed by atoms with van der Waals surface area (Å²) in [6.07, 6.45) is -4.32. The van der Waals surface area contributed by atoms with Gasteiger partial charge in [-0.05, 0) is 0 Å². The van der Waals surface area contributed by atoms with Gasteiger partial charge in [-0.3, -0.25) is 0 Å². The van der Waals surface area contributed by atoms with Crippen molar-refractivity contribution in [3.63, 3.8) is 0 Å². The standard InChI is InChI=1S/C6H8F3NO2/c1-4(5(11)12)2-10-3-6(7,8)9/h10H,1-3H2,(H,11,12). The smallest absolute Gasteiger partial charge is 0.401 e. The number of carboxylic acids is 1. The normalized spacial score (nSPS) is 11.2. The molecule has 0 saturated heterocycles. The molecule has 12 heavy (non-hydrogen) atoms. The average Bonchev–Trinajstić information content (AvgIpc) is 1.84. The molecule has 0 aliphatic carbocycles. The van der Waals surface area contributed by atoms with Crippen molar-refractivity contribution < 1.29 is 23.1 Å². The van der Waals surface area contributed by atoms with E-state index in [-0.39, 0.29) is 12.1 Å². The number of rotatable bonds is 4. The van der Waals surface area contributed by atoms with Gasteiger partial charge in [-0.25, -0.2) is 4.79 Å². The highest BCUT2D eigenvalue weighted by Gasteiger charge is 2.26. The fourth-order valence-corrected chi connectivity index (χ4v) is 0.431. The van der Waals surface area contributed by atoms with Crippen molar-refractivity contribution in [1.29, 1.82) is 0 Å². The molecule has 0 rings (SSSR count). The summed E-state index contributed by atoms with van der Waals surface area (Å²) in [6.45, 7) is 1.47. The van der Waals surface area contributed by atoms with Gasteiger partial charge in [0.25, 0.3) is 0 Å². The fourth-order valence-electron chi connectivity index (χ4n) is 0.431. The molecule has 0 amide bonds. The lowest BCUT2D eigenvalue weighted by Crippen LogP contribution is -2.31. The third kappa shape index (κ3) is 5.72. The number of hydrogen-bond donors (Lipinski definition) is 2. The van der Waals surface area contributed by atoms with Gasteiger partial charge in [0, 0.05) is 12.1 Å². The lowest BCUT2D eigenvalue weighted by molar-refractivity contribution is -0.133. The van der Waals surface area contributed by atoms with E-state index in [0.717, 1.165) is 0 Å². The minimum Gasteiger partial charge on any atom is -0.478 e. The molecule has 0 fully saturated rings. The Hall–Kier alpha value is -1.04. The van der Waals surface area contributed by atoms with Crippen LogP contribution in [-0.2, 0) is 4.79 Å². The van der Waals surface area contributed by atoms with Gasteiger partial charge in [-0.15, -0.1) is 0 Å². The Labute approximate surface area is 66.9 Å². The van der Waals surface area contributed by atoms with E-state index < -0.39 is 18.7 Å². The Morgan fingerprint density at radius 2 is 2.00 bits per heavy atom. The van der Waals surface area contributed by atoms with Crippen LogP contribution in [0.5, 0.6) is 0 Å². The molecule has 0 aliphatic heterocycles. The van der Waals surface area contributed by atoms with Crippen molar-refractivity contribution in [2.75, 3.05) is 13.1 Å². The van der Waals surface area contributed by atoms with E-state index in [4.69, 9.17) is 5.11 Å². The zero-order valence-corrected chi connectivity index (χ0v) is 6.11. The molecule has 0 atom stereocenters. The molecule has 0 aliphatic rings. The number of nitrogens with one attached hydrogen (secondary N) is 1. The maximum absolute atomic E-state index is 11.5. The molecular weight excluding hydrogens is 175 g/mol. The molecule has 0 saturated carbocycles. The molecule has 0 heterocycles. The van der Waals surface area contributed by atoms with Gasteiger partial charge in [0.15, 0.2) is 0 Å². The molecule has 6 heteroatoms. The topological polar surface area (TPSA) is 49.3 Å². The Bertz CT molecular complexity index is 188. The second-order valence-electron chi connectivity index (χ2n) is 2.13. The summed E-state index contributed by atoms with van der Waals surface area (Å²) in [4.78, 5) is 10.0. The van der Waals surface area contributed by atoms with Crippen LogP contribution in [-0.4, -0.2) is 30.3 Å². The third-order valence-electron chi connectivity index (χ3n) is 0.966. The van der Waals surface area contributed by atoms with Crippen LogP contribution >= 0.6 is 0 Å². The summed E-state index contributed by atoms with van der Waals surface area (Å²) in [5, 5.41) is 10.1. The van der Waals surface area contributed by atoms with Crippen LogP contribution < -0.4 is 5.32 Å². The highest BCUT2D eigenvalue weighted by Crippen LogP contribution is 2.12. The van der Waals surface area contributed by atoms with Crippen LogP contribution in [0.2, 0.25) is 0 Å². The summed E-state index contributed by atoms with van der Waals surface area (Å²) in [6, 6.07) is 0. The van der Waals surface area contributed by atoms with Crippen LogP contribution in [0.4, 0.5) is 13.2 Å². The highest BCUT2D eigenvalue weighted by molar-refractivity contribution is 5.86. The van der Waals surface area contributed by atoms with E-state index >= 15 is 0 Å². The summed E-state index contributed by atoms with van der Waals surface area (Å²) in [7, 11) is 0. The maximum atomic E-state index is 11.5. The summed E-state index contributed by atoms with van der Waals surface area (Å²) < 4.78 is 34.4. The molecule has 3 nitrogen and oxygen atoms in total. The average molecular weight is 183 g/mol. The first kappa shape index (κ1) is 11.0. The van der Waals surface area contributed by atoms with Gasteiger partial charge in [0.1, 0.15) is 0 Å². The summed E-state index contributed by atoms with van der Waals surface area (Å²) in [5.41, 5.74) is -0.292. The third-order valence-corrected chi connectivity index (χ3v) is 0.966. The molecule has 0 unspecified atom stereocenters. The lowest BCUT2D eigenvalue weighted by atomic mass is 10.3. The number of alkyl halides is 3. The largest absolute Gasteiger partial charge is 0.478 e. The second kappa shape index (κ2) is 4.10. The monoisotopic (exact) mass is 183 g/mol. The quantitative estimate of drug-likeness (QED) is 0.633. The van der Waals surface area contributed by atoms with Crippen molar-refractivity contribution in [3.8, 4) is 0 Å². The van der Waals surface area contributed by atoms with Crippen LogP contribution in [0.1, 0.15) is 0 Å². The molecule has 2 N–H and O–H groups in total. The van der Waals surface area contributed by atoms with E-state index in [1.54, 1.807) is 0 Å². The molecule has 70 valence electrons. The first-order chi connectivity index (χ1) is 5.33. The molecule has 0 aromatic rings. The SMILES string of the molecule is C=C(CNCC(F)(F)F)C(=O)O. The van der Waals surface area contributed by atoms with Crippen molar-refractivity contribution >= 4 is 5.97 Å². The van der Waals surface area contributed by atoms with Crippen LogP contribution in [0, 0.1) is 0 Å². The number of halogens is 3. The Morgan fingerprint density at radius 3 is 2.33 bits per heavy atom. The zero-order chi connectivity index (χ0) is 9.78. The second-order valence-corrected chi connectivity index (χ2v) is 2.13. The summed E-state index contributed by atoms with van der Waals surface area (Å²) in [5.74, 6) is -1.30. The van der Waals surface area contributed by atoms with E-state index in [0.29, 0.717) is 0 Å².